The molecule has 0 unspecified atom stereocenters. The van der Waals surface area contributed by atoms with Gasteiger partial charge in [-0.25, -0.2) is 15.4 Å². The van der Waals surface area contributed by atoms with E-state index in [1.54, 1.807) is 0 Å². The Labute approximate surface area is 199 Å². The molecular weight excluding hydrogens is 469 g/mol. The average molecular weight is 501 g/mol. The number of rotatable bonds is 6. The van der Waals surface area contributed by atoms with Crippen LogP contribution in [0.1, 0.15) is 64.3 Å². The Bertz CT molecular complexity index is 1130. The summed E-state index contributed by atoms with van der Waals surface area (Å²) in [5, 5.41) is 0. The maximum Gasteiger partial charge on any atom is 0.406 e. The van der Waals surface area contributed by atoms with Crippen molar-refractivity contribution in [1.29, 1.82) is 0 Å². The number of alkyl halides is 3. The van der Waals surface area contributed by atoms with Gasteiger partial charge in [-0.3, -0.25) is 23.6 Å². The number of nitrogens with two attached hydrogens (primary N) is 1. The first-order chi connectivity index (χ1) is 16.4. The summed E-state index contributed by atoms with van der Waals surface area (Å²) >= 11 is 0. The van der Waals surface area contributed by atoms with E-state index >= 15 is 0 Å². The van der Waals surface area contributed by atoms with Gasteiger partial charge in [0.25, 0.3) is 11.5 Å². The largest absolute Gasteiger partial charge is 0.406 e. The van der Waals surface area contributed by atoms with Crippen LogP contribution in [0.15, 0.2) is 15.7 Å². The van der Waals surface area contributed by atoms with E-state index in [9.17, 15) is 32.3 Å². The molecular formula is C22H31F3N6O4. The molecule has 194 valence electrons. The number of amides is 3. The second-order valence-electron chi connectivity index (χ2n) is 10.1. The Kier molecular flexibility index (Phi) is 6.27. The van der Waals surface area contributed by atoms with E-state index in [1.165, 1.54) is 22.2 Å². The number of hydrogen-bond donors (Lipinski definition) is 2. The van der Waals surface area contributed by atoms with E-state index in [-0.39, 0.29) is 24.7 Å². The first-order valence-corrected chi connectivity index (χ1v) is 11.9. The second kappa shape index (κ2) is 8.68. The molecule has 0 bridgehead atoms. The van der Waals surface area contributed by atoms with Crippen molar-refractivity contribution in [1.82, 2.24) is 18.9 Å². The Morgan fingerprint density at radius 1 is 1.14 bits per heavy atom. The number of imide groups is 1. The zero-order valence-electron chi connectivity index (χ0n) is 19.9. The molecule has 1 aromatic rings. The molecule has 3 aliphatic rings. The summed E-state index contributed by atoms with van der Waals surface area (Å²) in [7, 11) is 1.21. The molecule has 35 heavy (non-hydrogen) atoms. The highest BCUT2D eigenvalue weighted by atomic mass is 19.4. The summed E-state index contributed by atoms with van der Waals surface area (Å²) in [5.74, 6) is 5.15. The zero-order valence-corrected chi connectivity index (χ0v) is 19.9. The monoisotopic (exact) mass is 500 g/mol. The number of carbonyl (C=O) groups excluding carboxylic acids is 2. The molecule has 10 nitrogen and oxygen atoms in total. The number of nitrogen functional groups attached to an aromatic ring is 1. The number of carbonyl (C=O) groups is 2. The van der Waals surface area contributed by atoms with Crippen molar-refractivity contribution in [2.24, 2.45) is 11.3 Å². The predicted molar refractivity (Wildman–Crippen MR) is 121 cm³/mol. The zero-order chi connectivity index (χ0) is 25.8. The Balaban J connectivity index is 1.53. The molecule has 3 N–H and O–H groups in total. The smallest absolute Gasteiger partial charge is 0.310 e. The number of halogens is 3. The van der Waals surface area contributed by atoms with Gasteiger partial charge in [0.2, 0.25) is 0 Å². The van der Waals surface area contributed by atoms with Crippen molar-refractivity contribution in [2.45, 2.75) is 82.6 Å². The molecule has 1 saturated heterocycles. The maximum atomic E-state index is 13.2. The number of nitrogens with zero attached hydrogens (tertiary/aromatic N) is 4. The van der Waals surface area contributed by atoms with Crippen LogP contribution in [0.3, 0.4) is 0 Å². The van der Waals surface area contributed by atoms with Crippen molar-refractivity contribution in [3.8, 4) is 0 Å². The molecule has 2 saturated carbocycles. The van der Waals surface area contributed by atoms with Crippen LogP contribution in [-0.2, 0) is 11.3 Å². The summed E-state index contributed by atoms with van der Waals surface area (Å²) in [6.45, 7) is 0.931. The summed E-state index contributed by atoms with van der Waals surface area (Å²) in [5.41, 5.74) is -0.362. The minimum atomic E-state index is -4.61. The van der Waals surface area contributed by atoms with Crippen LogP contribution in [0.25, 0.3) is 0 Å². The van der Waals surface area contributed by atoms with Gasteiger partial charge in [-0.2, -0.15) is 13.2 Å². The van der Waals surface area contributed by atoms with Gasteiger partial charge >= 0.3 is 17.9 Å². The van der Waals surface area contributed by atoms with E-state index in [0.717, 1.165) is 17.7 Å². The Morgan fingerprint density at radius 3 is 2.31 bits per heavy atom. The molecule has 2 heterocycles. The minimum Gasteiger partial charge on any atom is -0.310 e. The van der Waals surface area contributed by atoms with Crippen LogP contribution in [0.5, 0.6) is 0 Å². The lowest BCUT2D eigenvalue weighted by atomic mass is 9.51. The van der Waals surface area contributed by atoms with Gasteiger partial charge in [-0.05, 0) is 50.4 Å². The van der Waals surface area contributed by atoms with Crippen molar-refractivity contribution in [2.75, 3.05) is 19.0 Å². The number of hydrogen-bond acceptors (Lipinski definition) is 6. The van der Waals surface area contributed by atoms with Crippen molar-refractivity contribution in [3.63, 3.8) is 0 Å². The van der Waals surface area contributed by atoms with Gasteiger partial charge in [0, 0.05) is 25.7 Å². The standard InChI is InChI=1S/C22H31F3N6O4/c1-3-4-9-29-15(27-26)10-16(32)31(19(29)35)14-5-7-20(8-6-14)11-21(12-20)17(33)28(2)18(34)30(21)13-22(23,24)25/h10,14,27H,3-9,11-13,26H2,1-2H3. The fourth-order valence-corrected chi connectivity index (χ4v) is 6.21. The Morgan fingerprint density at radius 2 is 1.77 bits per heavy atom. The third-order valence-electron chi connectivity index (χ3n) is 7.90. The molecule has 0 aromatic carbocycles. The van der Waals surface area contributed by atoms with Crippen LogP contribution in [0.4, 0.5) is 23.8 Å². The Hall–Kier alpha value is -2.83. The molecule has 2 spiro atoms. The number of likely N-dealkylation sites (N-methyl/N-ethyl adjacent to an activating group) is 1. The highest BCUT2D eigenvalue weighted by Crippen LogP contribution is 2.62. The van der Waals surface area contributed by atoms with E-state index < -0.39 is 46.9 Å². The number of aromatic nitrogens is 2. The number of anilines is 1. The molecule has 2 aliphatic carbocycles. The van der Waals surface area contributed by atoms with E-state index in [1.807, 2.05) is 6.92 Å². The fourth-order valence-electron chi connectivity index (χ4n) is 6.21. The highest BCUT2D eigenvalue weighted by Gasteiger charge is 2.68. The van der Waals surface area contributed by atoms with Gasteiger partial charge < -0.3 is 10.3 Å². The third-order valence-corrected chi connectivity index (χ3v) is 7.90. The summed E-state index contributed by atoms with van der Waals surface area (Å²) in [6.07, 6.45) is -0.671. The fraction of sp³-hybridized carbons (Fsp3) is 0.727. The van der Waals surface area contributed by atoms with Crippen LogP contribution < -0.4 is 22.5 Å². The third kappa shape index (κ3) is 4.13. The number of urea groups is 1. The first kappa shape index (κ1) is 25.3. The average Bonchev–Trinajstić information content (AvgIpc) is 2.94. The highest BCUT2D eigenvalue weighted by molar-refractivity contribution is 6.07. The molecule has 3 fully saturated rings. The summed E-state index contributed by atoms with van der Waals surface area (Å²) in [4.78, 5) is 52.5. The van der Waals surface area contributed by atoms with Crippen LogP contribution in [0.2, 0.25) is 0 Å². The normalized spacial score (nSPS) is 28.8. The summed E-state index contributed by atoms with van der Waals surface area (Å²) in [6, 6.07) is 0.0170. The van der Waals surface area contributed by atoms with Crippen molar-refractivity contribution >= 4 is 17.8 Å². The molecule has 4 rings (SSSR count). The topological polar surface area (TPSA) is 123 Å². The molecule has 1 aliphatic heterocycles. The van der Waals surface area contributed by atoms with E-state index in [4.69, 9.17) is 5.84 Å². The number of unbranched alkanes of at least 4 members (excludes halogenated alkanes) is 1. The summed E-state index contributed by atoms with van der Waals surface area (Å²) < 4.78 is 42.1. The van der Waals surface area contributed by atoms with Crippen molar-refractivity contribution < 1.29 is 22.8 Å². The first-order valence-electron chi connectivity index (χ1n) is 11.9. The minimum absolute atomic E-state index is 0.156. The van der Waals surface area contributed by atoms with E-state index in [2.05, 4.69) is 5.43 Å². The molecule has 3 amide bonds. The molecule has 13 heteroatoms. The van der Waals surface area contributed by atoms with Crippen LogP contribution >= 0.6 is 0 Å². The van der Waals surface area contributed by atoms with E-state index in [0.29, 0.717) is 37.1 Å². The lowest BCUT2D eigenvalue weighted by Crippen LogP contribution is -2.65. The lowest BCUT2D eigenvalue weighted by molar-refractivity contribution is -0.173. The lowest BCUT2D eigenvalue weighted by Gasteiger charge is -2.58. The SMILES string of the molecule is CCCCn1c(NN)cc(=O)n(C2CCC3(CC2)CC2(C3)C(=O)N(C)C(=O)N2CC(F)(F)F)c1=O. The van der Waals surface area contributed by atoms with Crippen LogP contribution in [-0.4, -0.2) is 56.2 Å². The quantitative estimate of drug-likeness (QED) is 0.351. The van der Waals surface area contributed by atoms with Gasteiger partial charge in [0.15, 0.2) is 0 Å². The number of hydrazine groups is 1. The van der Waals surface area contributed by atoms with Crippen LogP contribution in [0, 0.1) is 5.41 Å². The molecule has 0 atom stereocenters. The van der Waals surface area contributed by atoms with Gasteiger partial charge in [0.05, 0.1) is 0 Å². The maximum absolute atomic E-state index is 13.2. The second-order valence-corrected chi connectivity index (χ2v) is 10.1. The molecule has 0 radical (unpaired) electrons. The predicted octanol–water partition coefficient (Wildman–Crippen LogP) is 2.19. The molecule has 1 aromatic heterocycles. The van der Waals surface area contributed by atoms with Gasteiger partial charge in [-0.1, -0.05) is 13.3 Å². The number of nitrogens with one attached hydrogen (secondary N) is 1. The van der Waals surface area contributed by atoms with Crippen molar-refractivity contribution in [3.05, 3.63) is 26.9 Å². The van der Waals surface area contributed by atoms with Gasteiger partial charge in [-0.15, -0.1) is 0 Å². The van der Waals surface area contributed by atoms with Gasteiger partial charge in [0.1, 0.15) is 17.9 Å².